The third-order valence-corrected chi connectivity index (χ3v) is 6.75. The molecule has 0 saturated carbocycles. The average molecular weight is 544 g/mol. The van der Waals surface area contributed by atoms with Crippen molar-refractivity contribution in [2.45, 2.75) is 11.7 Å². The van der Waals surface area contributed by atoms with E-state index in [1.165, 1.54) is 36.4 Å². The number of carbonyl (C=O) groups is 3. The van der Waals surface area contributed by atoms with Crippen molar-refractivity contribution in [2.24, 2.45) is 0 Å². The summed E-state index contributed by atoms with van der Waals surface area (Å²) in [5, 5.41) is 5.60. The van der Waals surface area contributed by atoms with Crippen molar-refractivity contribution in [3.63, 3.8) is 0 Å². The molecule has 4 rings (SSSR count). The number of nitrogens with one attached hydrogen (secondary N) is 3. The monoisotopic (exact) mass is 543 g/mol. The van der Waals surface area contributed by atoms with Gasteiger partial charge in [-0.15, -0.1) is 0 Å². The molecule has 9 nitrogen and oxygen atoms in total. The highest BCUT2D eigenvalue weighted by Crippen LogP contribution is 2.24. The Balaban J connectivity index is 1.40. The Morgan fingerprint density at radius 2 is 1.10 bits per heavy atom. The number of anilines is 3. The van der Waals surface area contributed by atoms with Crippen molar-refractivity contribution in [3.8, 4) is 0 Å². The molecule has 10 heteroatoms. The molecule has 3 amide bonds. The van der Waals surface area contributed by atoms with Crippen molar-refractivity contribution in [1.29, 1.82) is 0 Å². The Morgan fingerprint density at radius 3 is 1.69 bits per heavy atom. The Labute approximate surface area is 225 Å². The van der Waals surface area contributed by atoms with E-state index in [2.05, 4.69) is 16.0 Å². The van der Waals surface area contributed by atoms with Crippen LogP contribution in [0.4, 0.5) is 17.1 Å². The molecule has 4 aromatic rings. The molecule has 0 saturated heterocycles. The zero-order chi connectivity index (χ0) is 27.8. The summed E-state index contributed by atoms with van der Waals surface area (Å²) >= 11 is 0. The molecular formula is C29H25N3O6S. The first-order valence-electron chi connectivity index (χ1n) is 11.9. The van der Waals surface area contributed by atoms with E-state index in [0.717, 1.165) is 11.1 Å². The smallest absolute Gasteiger partial charge is 0.314 e. The first kappa shape index (κ1) is 27.2. The number of hydrogen-bond acceptors (Lipinski definition) is 5. The lowest BCUT2D eigenvalue weighted by atomic mass is 10.0. The molecule has 0 aromatic heterocycles. The van der Waals surface area contributed by atoms with E-state index in [9.17, 15) is 27.4 Å². The Morgan fingerprint density at radius 1 is 0.615 bits per heavy atom. The van der Waals surface area contributed by atoms with Crippen molar-refractivity contribution >= 4 is 44.9 Å². The quantitative estimate of drug-likeness (QED) is 0.191. The van der Waals surface area contributed by atoms with Crippen molar-refractivity contribution < 1.29 is 27.4 Å². The fourth-order valence-electron chi connectivity index (χ4n) is 3.94. The van der Waals surface area contributed by atoms with Gasteiger partial charge < -0.3 is 16.0 Å². The van der Waals surface area contributed by atoms with Gasteiger partial charge in [-0.25, -0.2) is 0 Å². The number of benzene rings is 4. The summed E-state index contributed by atoms with van der Waals surface area (Å²) < 4.78 is 33.4. The third kappa shape index (κ3) is 7.60. The van der Waals surface area contributed by atoms with Crippen LogP contribution in [0.2, 0.25) is 0 Å². The molecule has 39 heavy (non-hydrogen) atoms. The third-order valence-electron chi connectivity index (χ3n) is 5.67. The summed E-state index contributed by atoms with van der Waals surface area (Å²) in [6.07, 6.45) is 0.665. The van der Waals surface area contributed by atoms with E-state index in [-0.39, 0.29) is 16.9 Å². The second-order valence-electron chi connectivity index (χ2n) is 8.65. The molecule has 0 heterocycles. The lowest BCUT2D eigenvalue weighted by Crippen LogP contribution is -2.29. The van der Waals surface area contributed by atoms with Crippen LogP contribution in [0, 0.1) is 0 Å². The molecule has 0 aliphatic carbocycles. The van der Waals surface area contributed by atoms with E-state index in [1.807, 2.05) is 36.4 Å². The summed E-state index contributed by atoms with van der Waals surface area (Å²) in [4.78, 5) is 37.8. The van der Waals surface area contributed by atoms with Crippen LogP contribution in [0.1, 0.15) is 21.9 Å². The topological polar surface area (TPSA) is 142 Å². The minimum Gasteiger partial charge on any atom is -0.325 e. The van der Waals surface area contributed by atoms with E-state index in [0.29, 0.717) is 12.1 Å². The minimum absolute atomic E-state index is 0.0893. The van der Waals surface area contributed by atoms with Gasteiger partial charge in [0.2, 0.25) is 5.91 Å². The lowest BCUT2D eigenvalue weighted by Gasteiger charge is -2.15. The lowest BCUT2D eigenvalue weighted by molar-refractivity contribution is -0.132. The SMILES string of the molecule is O=C(Nc1cccc(Cc2ccccc2)c1)C(=O)Nc1cccc(NC(=O)C(c2ccccc2)S(=O)(=O)O)c1. The summed E-state index contributed by atoms with van der Waals surface area (Å²) in [6.45, 7) is 0. The van der Waals surface area contributed by atoms with Gasteiger partial charge in [-0.3, -0.25) is 18.9 Å². The van der Waals surface area contributed by atoms with Gasteiger partial charge in [-0.05, 0) is 53.4 Å². The highest BCUT2D eigenvalue weighted by atomic mass is 32.2. The molecule has 4 aromatic carbocycles. The summed E-state index contributed by atoms with van der Waals surface area (Å²) in [5.41, 5.74) is 2.96. The maximum absolute atomic E-state index is 12.7. The molecule has 0 bridgehead atoms. The molecule has 0 aliphatic rings. The number of carbonyl (C=O) groups excluding carboxylic acids is 3. The fraction of sp³-hybridized carbons (Fsp3) is 0.0690. The molecule has 0 radical (unpaired) electrons. The zero-order valence-corrected chi connectivity index (χ0v) is 21.4. The molecule has 1 unspecified atom stereocenters. The molecular weight excluding hydrogens is 518 g/mol. The molecule has 4 N–H and O–H groups in total. The Bertz CT molecular complexity index is 1590. The number of rotatable bonds is 8. The standard InChI is InChI=1S/C29H25N3O6S/c33-27(26(39(36,37)38)22-12-5-2-6-13-22)30-24-15-8-16-25(19-24)32-29(35)28(34)31-23-14-7-11-21(18-23)17-20-9-3-1-4-10-20/h1-16,18-19,26H,17H2,(H,30,33)(H,31,34)(H,32,35)(H,36,37,38). The van der Waals surface area contributed by atoms with Gasteiger partial charge in [0.15, 0.2) is 5.25 Å². The molecule has 0 aliphatic heterocycles. The first-order valence-corrected chi connectivity index (χ1v) is 13.4. The van der Waals surface area contributed by atoms with Crippen LogP contribution in [0.15, 0.2) is 109 Å². The van der Waals surface area contributed by atoms with E-state index in [4.69, 9.17) is 0 Å². The summed E-state index contributed by atoms with van der Waals surface area (Å²) in [6, 6.07) is 30.4. The van der Waals surface area contributed by atoms with Crippen LogP contribution in [0.5, 0.6) is 0 Å². The van der Waals surface area contributed by atoms with Crippen molar-refractivity contribution in [2.75, 3.05) is 16.0 Å². The predicted octanol–water partition coefficient (Wildman–Crippen LogP) is 4.42. The van der Waals surface area contributed by atoms with Gasteiger partial charge in [-0.1, -0.05) is 78.9 Å². The van der Waals surface area contributed by atoms with Gasteiger partial charge in [0.1, 0.15) is 0 Å². The van der Waals surface area contributed by atoms with Crippen LogP contribution in [-0.4, -0.2) is 30.7 Å². The second kappa shape index (κ2) is 12.2. The average Bonchev–Trinajstić information content (AvgIpc) is 2.89. The fourth-order valence-corrected chi connectivity index (χ4v) is 4.77. The van der Waals surface area contributed by atoms with Gasteiger partial charge in [0.05, 0.1) is 0 Å². The van der Waals surface area contributed by atoms with E-state index in [1.54, 1.807) is 36.4 Å². The van der Waals surface area contributed by atoms with Crippen LogP contribution < -0.4 is 16.0 Å². The van der Waals surface area contributed by atoms with Crippen LogP contribution in [0.25, 0.3) is 0 Å². The molecule has 198 valence electrons. The number of amides is 3. The summed E-state index contributed by atoms with van der Waals surface area (Å²) in [5.74, 6) is -2.82. The molecule has 0 fully saturated rings. The number of hydrogen-bond donors (Lipinski definition) is 4. The maximum Gasteiger partial charge on any atom is 0.314 e. The van der Waals surface area contributed by atoms with Crippen LogP contribution >= 0.6 is 0 Å². The minimum atomic E-state index is -4.76. The van der Waals surface area contributed by atoms with Gasteiger partial charge >= 0.3 is 11.8 Å². The maximum atomic E-state index is 12.7. The Hall–Kier alpha value is -4.80. The summed E-state index contributed by atoms with van der Waals surface area (Å²) in [7, 11) is -4.76. The predicted molar refractivity (Wildman–Crippen MR) is 149 cm³/mol. The second-order valence-corrected chi connectivity index (χ2v) is 10.1. The van der Waals surface area contributed by atoms with Gasteiger partial charge in [-0.2, -0.15) is 8.42 Å². The Kier molecular flexibility index (Phi) is 8.50. The molecule has 0 spiro atoms. The normalized spacial score (nSPS) is 11.7. The largest absolute Gasteiger partial charge is 0.325 e. The van der Waals surface area contributed by atoms with E-state index < -0.39 is 33.1 Å². The zero-order valence-electron chi connectivity index (χ0n) is 20.6. The van der Waals surface area contributed by atoms with Crippen LogP contribution in [-0.2, 0) is 30.9 Å². The van der Waals surface area contributed by atoms with Crippen LogP contribution in [0.3, 0.4) is 0 Å². The van der Waals surface area contributed by atoms with Crippen molar-refractivity contribution in [3.05, 3.63) is 126 Å². The first-order chi connectivity index (χ1) is 18.7. The van der Waals surface area contributed by atoms with E-state index >= 15 is 0 Å². The van der Waals surface area contributed by atoms with Crippen molar-refractivity contribution in [1.82, 2.24) is 0 Å². The highest BCUT2D eigenvalue weighted by molar-refractivity contribution is 7.86. The van der Waals surface area contributed by atoms with Gasteiger partial charge in [0.25, 0.3) is 10.1 Å². The highest BCUT2D eigenvalue weighted by Gasteiger charge is 2.32. The van der Waals surface area contributed by atoms with Gasteiger partial charge in [0, 0.05) is 17.1 Å². The molecule has 1 atom stereocenters.